The van der Waals surface area contributed by atoms with Crippen molar-refractivity contribution in [3.05, 3.63) is 61.2 Å². The number of halogens is 1. The summed E-state index contributed by atoms with van der Waals surface area (Å²) in [6.07, 6.45) is 0. The molecule has 0 atom stereocenters. The van der Waals surface area contributed by atoms with Crippen LogP contribution in [0.1, 0.15) is 52.7 Å². The number of nitro benzene ring substituents is 1. The van der Waals surface area contributed by atoms with E-state index in [0.717, 1.165) is 26.2 Å². The van der Waals surface area contributed by atoms with Gasteiger partial charge in [0.05, 0.1) is 4.92 Å². The third-order valence-corrected chi connectivity index (χ3v) is 16.4. The average molecular weight is 610 g/mol. The molecule has 5 nitrogen and oxygen atoms in total. The number of hydrogen-bond acceptors (Lipinski definition) is 4. The zero-order valence-electron chi connectivity index (χ0n) is 21.9. The molecule has 0 N–H and O–H groups in total. The van der Waals surface area contributed by atoms with E-state index in [4.69, 9.17) is 8.85 Å². The zero-order chi connectivity index (χ0) is 26.1. The van der Waals surface area contributed by atoms with Gasteiger partial charge in [-0.05, 0) is 83.1 Å². The molecule has 0 radical (unpaired) electrons. The normalized spacial score (nSPS) is 12.6. The van der Waals surface area contributed by atoms with Gasteiger partial charge in [0.15, 0.2) is 0 Å². The number of non-ortho nitro benzene ring substituents is 1. The quantitative estimate of drug-likeness (QED) is 0.112. The second-order valence-electron chi connectivity index (χ2n) is 11.6. The topological polar surface area (TPSA) is 61.6 Å². The predicted molar refractivity (Wildman–Crippen MR) is 154 cm³/mol. The van der Waals surface area contributed by atoms with Crippen molar-refractivity contribution in [1.29, 1.82) is 0 Å². The minimum absolute atomic E-state index is 0.0365. The second kappa shape index (κ2) is 10.0. The Kier molecular flexibility index (Phi) is 8.38. The van der Waals surface area contributed by atoms with E-state index in [1.165, 1.54) is 12.1 Å². The van der Waals surface area contributed by atoms with Gasteiger partial charge in [-0.1, -0.05) is 53.4 Å². The summed E-state index contributed by atoms with van der Waals surface area (Å²) in [5.74, 6) is 7.87. The van der Waals surface area contributed by atoms with Crippen LogP contribution in [0.3, 0.4) is 0 Å². The van der Waals surface area contributed by atoms with Gasteiger partial charge in [0.25, 0.3) is 22.3 Å². The molecule has 0 spiro atoms. The van der Waals surface area contributed by atoms with Crippen LogP contribution in [0.25, 0.3) is 0 Å². The number of nitrogens with zero attached hydrogens (tertiary/aromatic N) is 1. The summed E-state index contributed by atoms with van der Waals surface area (Å²) in [5.41, 5.74) is 1.61. The molecular formula is C26H36INO4Si2. The number of hydrogen-bond donors (Lipinski definition) is 0. The molecule has 0 saturated heterocycles. The third kappa shape index (κ3) is 6.86. The van der Waals surface area contributed by atoms with Crippen LogP contribution in [-0.4, -0.2) is 21.6 Å². The van der Waals surface area contributed by atoms with Crippen LogP contribution >= 0.6 is 22.6 Å². The van der Waals surface area contributed by atoms with Crippen LogP contribution in [0.15, 0.2) is 36.4 Å². The molecule has 0 aliphatic heterocycles. The van der Waals surface area contributed by atoms with Crippen LogP contribution in [0.2, 0.25) is 36.3 Å². The molecule has 0 heterocycles. The van der Waals surface area contributed by atoms with Crippen molar-refractivity contribution in [3.8, 4) is 23.3 Å². The molecule has 0 saturated carbocycles. The Morgan fingerprint density at radius 1 is 0.824 bits per heavy atom. The van der Waals surface area contributed by atoms with Gasteiger partial charge >= 0.3 is 0 Å². The lowest BCUT2D eigenvalue weighted by atomic mass is 10.1. The molecule has 0 aromatic heterocycles. The number of rotatable bonds is 5. The van der Waals surface area contributed by atoms with Gasteiger partial charge in [0.1, 0.15) is 11.5 Å². The van der Waals surface area contributed by atoms with Crippen LogP contribution in [-0.2, 0) is 0 Å². The first-order chi connectivity index (χ1) is 15.3. The van der Waals surface area contributed by atoms with Gasteiger partial charge in [-0.25, -0.2) is 0 Å². The van der Waals surface area contributed by atoms with Crippen LogP contribution in [0, 0.1) is 25.5 Å². The summed E-state index contributed by atoms with van der Waals surface area (Å²) in [5, 5.41) is 11.0. The van der Waals surface area contributed by atoms with Crippen molar-refractivity contribution in [2.75, 3.05) is 0 Å². The third-order valence-electron chi connectivity index (χ3n) is 6.80. The fraction of sp³-hybridized carbons (Fsp3) is 0.462. The molecule has 0 unspecified atom stereocenters. The zero-order valence-corrected chi connectivity index (χ0v) is 26.1. The van der Waals surface area contributed by atoms with Gasteiger partial charge in [-0.2, -0.15) is 0 Å². The lowest BCUT2D eigenvalue weighted by Crippen LogP contribution is -2.45. The smallest absolute Gasteiger partial charge is 0.269 e. The predicted octanol–water partition coefficient (Wildman–Crippen LogP) is 8.37. The van der Waals surface area contributed by atoms with E-state index >= 15 is 0 Å². The van der Waals surface area contributed by atoms with E-state index in [2.05, 4.69) is 102 Å². The van der Waals surface area contributed by atoms with E-state index in [0.29, 0.717) is 0 Å². The fourth-order valence-electron chi connectivity index (χ4n) is 2.45. The Labute approximate surface area is 220 Å². The highest BCUT2D eigenvalue weighted by Gasteiger charge is 2.42. The Morgan fingerprint density at radius 2 is 1.26 bits per heavy atom. The van der Waals surface area contributed by atoms with Gasteiger partial charge < -0.3 is 8.85 Å². The van der Waals surface area contributed by atoms with Crippen LogP contribution < -0.4 is 8.85 Å². The highest BCUT2D eigenvalue weighted by atomic mass is 127. The molecule has 0 bridgehead atoms. The minimum atomic E-state index is -2.12. The van der Waals surface area contributed by atoms with E-state index < -0.39 is 21.6 Å². The van der Waals surface area contributed by atoms with E-state index in [9.17, 15) is 10.1 Å². The van der Waals surface area contributed by atoms with Crippen molar-refractivity contribution >= 4 is 44.9 Å². The van der Waals surface area contributed by atoms with Crippen molar-refractivity contribution < 1.29 is 13.8 Å². The molecular weight excluding hydrogens is 573 g/mol. The lowest BCUT2D eigenvalue weighted by Gasteiger charge is -2.39. The Morgan fingerprint density at radius 3 is 1.68 bits per heavy atom. The molecule has 2 aromatic carbocycles. The van der Waals surface area contributed by atoms with Crippen molar-refractivity contribution in [2.45, 2.75) is 77.8 Å². The fourth-order valence-corrected chi connectivity index (χ4v) is 5.06. The van der Waals surface area contributed by atoms with Crippen LogP contribution in [0.4, 0.5) is 5.69 Å². The lowest BCUT2D eigenvalue weighted by molar-refractivity contribution is -0.384. The summed E-state index contributed by atoms with van der Waals surface area (Å²) >= 11 is 2.28. The monoisotopic (exact) mass is 609 g/mol. The Hall–Kier alpha value is -1.84. The van der Waals surface area contributed by atoms with Gasteiger partial charge in [0, 0.05) is 26.8 Å². The molecule has 2 rings (SSSR count). The summed E-state index contributed by atoms with van der Waals surface area (Å²) in [4.78, 5) is 10.5. The standard InChI is InChI=1S/C26H36INO4Si2/c1-25(2,3)33(7,8)31-23-17-20(14-11-19-12-15-21(16-13-19)28(29)30)22(27)18-24(23)32-34(9,10)26(4,5)6/h12-13,15-18H,1-10H3. The first-order valence-electron chi connectivity index (χ1n) is 11.3. The first kappa shape index (κ1) is 28.4. The SMILES string of the molecule is CC(C)(C)[Si](C)(C)Oc1cc(I)c(C#Cc2ccc([N+](=O)[O-])cc2)cc1O[Si](C)(C)C(C)(C)C. The van der Waals surface area contributed by atoms with Crippen molar-refractivity contribution in [1.82, 2.24) is 0 Å². The van der Waals surface area contributed by atoms with E-state index in [-0.39, 0.29) is 15.8 Å². The molecule has 34 heavy (non-hydrogen) atoms. The number of benzene rings is 2. The Bertz CT molecular complexity index is 1120. The second-order valence-corrected chi connectivity index (χ2v) is 22.2. The van der Waals surface area contributed by atoms with E-state index in [1.54, 1.807) is 12.1 Å². The average Bonchev–Trinajstić information content (AvgIpc) is 2.67. The molecule has 2 aromatic rings. The molecule has 0 aliphatic carbocycles. The molecule has 8 heteroatoms. The number of nitro groups is 1. The minimum Gasteiger partial charge on any atom is -0.541 e. The maximum atomic E-state index is 10.9. The molecule has 0 fully saturated rings. The summed E-state index contributed by atoms with van der Waals surface area (Å²) in [6, 6.07) is 10.3. The largest absolute Gasteiger partial charge is 0.541 e. The van der Waals surface area contributed by atoms with E-state index in [1.807, 2.05) is 12.1 Å². The summed E-state index contributed by atoms with van der Waals surface area (Å²) in [7, 11) is -4.21. The highest BCUT2D eigenvalue weighted by Crippen LogP contribution is 2.44. The molecule has 0 amide bonds. The summed E-state index contributed by atoms with van der Waals surface area (Å²) in [6.45, 7) is 22.2. The van der Waals surface area contributed by atoms with Crippen molar-refractivity contribution in [2.24, 2.45) is 0 Å². The maximum Gasteiger partial charge on any atom is 0.269 e. The van der Waals surface area contributed by atoms with Crippen LogP contribution in [0.5, 0.6) is 11.5 Å². The maximum absolute atomic E-state index is 10.9. The van der Waals surface area contributed by atoms with Crippen molar-refractivity contribution in [3.63, 3.8) is 0 Å². The molecule has 184 valence electrons. The summed E-state index contributed by atoms with van der Waals surface area (Å²) < 4.78 is 14.4. The highest BCUT2D eigenvalue weighted by molar-refractivity contribution is 14.1. The van der Waals surface area contributed by atoms with Gasteiger partial charge in [-0.15, -0.1) is 0 Å². The first-order valence-corrected chi connectivity index (χ1v) is 18.2. The Balaban J connectivity index is 2.55. The van der Waals surface area contributed by atoms with Gasteiger partial charge in [0.2, 0.25) is 0 Å². The molecule has 0 aliphatic rings. The van der Waals surface area contributed by atoms with Gasteiger partial charge in [-0.3, -0.25) is 10.1 Å².